The zero-order valence-electron chi connectivity index (χ0n) is 11.5. The fourth-order valence-corrected chi connectivity index (χ4v) is 2.60. The largest absolute Gasteiger partial charge is 0.465 e. The number of morpholine rings is 1. The number of rotatable bonds is 6. The van der Waals surface area contributed by atoms with Crippen molar-refractivity contribution in [3.05, 3.63) is 0 Å². The number of ether oxygens (including phenoxy) is 2. The lowest BCUT2D eigenvalue weighted by molar-refractivity contribution is -0.144. The molecule has 0 aromatic rings. The molecule has 1 aliphatic rings. The van der Waals surface area contributed by atoms with Gasteiger partial charge in [0.25, 0.3) is 0 Å². The van der Waals surface area contributed by atoms with E-state index in [1.165, 1.54) is 11.8 Å². The SMILES string of the molecule is CCOC(=O)C(N)CSC(C)C(=O)N1CCOCC1. The van der Waals surface area contributed by atoms with Crippen molar-refractivity contribution in [1.29, 1.82) is 0 Å². The van der Waals surface area contributed by atoms with Crippen LogP contribution in [0.3, 0.4) is 0 Å². The highest BCUT2D eigenvalue weighted by atomic mass is 32.2. The van der Waals surface area contributed by atoms with Crippen LogP contribution in [0.15, 0.2) is 0 Å². The molecule has 0 aromatic carbocycles. The summed E-state index contributed by atoms with van der Waals surface area (Å²) in [6, 6.07) is -0.676. The molecule has 2 N–H and O–H groups in total. The van der Waals surface area contributed by atoms with E-state index in [9.17, 15) is 9.59 Å². The van der Waals surface area contributed by atoms with Gasteiger partial charge in [-0.25, -0.2) is 0 Å². The van der Waals surface area contributed by atoms with Gasteiger partial charge in [-0.15, -0.1) is 11.8 Å². The summed E-state index contributed by atoms with van der Waals surface area (Å²) in [6.07, 6.45) is 0. The van der Waals surface area contributed by atoms with Crippen LogP contribution in [0.25, 0.3) is 0 Å². The maximum atomic E-state index is 12.1. The molecule has 2 atom stereocenters. The molecule has 1 saturated heterocycles. The zero-order chi connectivity index (χ0) is 14.3. The maximum Gasteiger partial charge on any atom is 0.323 e. The molecule has 0 radical (unpaired) electrons. The molecule has 1 aliphatic heterocycles. The molecule has 1 rings (SSSR count). The van der Waals surface area contributed by atoms with Crippen LogP contribution in [0.5, 0.6) is 0 Å². The lowest BCUT2D eigenvalue weighted by Crippen LogP contribution is -2.44. The Hall–Kier alpha value is -0.790. The van der Waals surface area contributed by atoms with Crippen molar-refractivity contribution in [2.24, 2.45) is 5.73 Å². The van der Waals surface area contributed by atoms with Crippen molar-refractivity contribution in [2.45, 2.75) is 25.1 Å². The summed E-state index contributed by atoms with van der Waals surface area (Å²) in [4.78, 5) is 25.2. The third-order valence-corrected chi connectivity index (χ3v) is 4.04. The molecule has 0 aromatic heterocycles. The monoisotopic (exact) mass is 290 g/mol. The molecule has 0 aliphatic carbocycles. The van der Waals surface area contributed by atoms with Crippen LogP contribution in [-0.2, 0) is 19.1 Å². The predicted octanol–water partition coefficient (Wildman–Crippen LogP) is -0.143. The van der Waals surface area contributed by atoms with Crippen molar-refractivity contribution < 1.29 is 19.1 Å². The maximum absolute atomic E-state index is 12.1. The number of nitrogens with zero attached hydrogens (tertiary/aromatic N) is 1. The first kappa shape index (κ1) is 16.3. The second-order valence-electron chi connectivity index (χ2n) is 4.27. The van der Waals surface area contributed by atoms with Crippen molar-refractivity contribution >= 4 is 23.6 Å². The van der Waals surface area contributed by atoms with Gasteiger partial charge in [0, 0.05) is 18.8 Å². The van der Waals surface area contributed by atoms with Gasteiger partial charge in [-0.1, -0.05) is 0 Å². The van der Waals surface area contributed by atoms with Gasteiger partial charge < -0.3 is 20.1 Å². The lowest BCUT2D eigenvalue weighted by atomic mass is 10.3. The fraction of sp³-hybridized carbons (Fsp3) is 0.833. The molecule has 110 valence electrons. The van der Waals surface area contributed by atoms with Crippen LogP contribution in [0.2, 0.25) is 0 Å². The van der Waals surface area contributed by atoms with Gasteiger partial charge in [0.1, 0.15) is 6.04 Å². The summed E-state index contributed by atoms with van der Waals surface area (Å²) < 4.78 is 10.0. The second-order valence-corrected chi connectivity index (χ2v) is 5.65. The summed E-state index contributed by atoms with van der Waals surface area (Å²) in [6.45, 7) is 6.33. The van der Waals surface area contributed by atoms with E-state index in [1.807, 2.05) is 6.92 Å². The van der Waals surface area contributed by atoms with E-state index in [2.05, 4.69) is 0 Å². The van der Waals surface area contributed by atoms with Crippen LogP contribution < -0.4 is 5.73 Å². The summed E-state index contributed by atoms with van der Waals surface area (Å²) in [5.41, 5.74) is 5.69. The van der Waals surface area contributed by atoms with Crippen LogP contribution in [0.1, 0.15) is 13.8 Å². The van der Waals surface area contributed by atoms with Gasteiger partial charge in [-0.05, 0) is 13.8 Å². The molecule has 1 amide bonds. The molecule has 2 unspecified atom stereocenters. The van der Waals surface area contributed by atoms with Crippen molar-refractivity contribution in [3.8, 4) is 0 Å². The van der Waals surface area contributed by atoms with E-state index >= 15 is 0 Å². The van der Waals surface area contributed by atoms with Gasteiger partial charge >= 0.3 is 5.97 Å². The minimum absolute atomic E-state index is 0.0735. The fourth-order valence-electron chi connectivity index (χ4n) is 1.68. The molecule has 6 nitrogen and oxygen atoms in total. The Morgan fingerprint density at radius 3 is 2.63 bits per heavy atom. The predicted molar refractivity (Wildman–Crippen MR) is 73.9 cm³/mol. The average molecular weight is 290 g/mol. The Bertz CT molecular complexity index is 308. The number of hydrogen-bond donors (Lipinski definition) is 1. The standard InChI is InChI=1S/C12H22N2O4S/c1-3-18-12(16)10(13)8-19-9(2)11(15)14-4-6-17-7-5-14/h9-10H,3-8,13H2,1-2H3. The lowest BCUT2D eigenvalue weighted by Gasteiger charge is -2.29. The van der Waals surface area contributed by atoms with Crippen molar-refractivity contribution in [2.75, 3.05) is 38.7 Å². The minimum atomic E-state index is -0.676. The normalized spacial score (nSPS) is 18.8. The molecule has 1 heterocycles. The molecule has 0 spiro atoms. The van der Waals surface area contributed by atoms with Crippen LogP contribution in [0, 0.1) is 0 Å². The Morgan fingerprint density at radius 1 is 1.42 bits per heavy atom. The third-order valence-electron chi connectivity index (χ3n) is 2.79. The number of thioether (sulfide) groups is 1. The van der Waals surface area contributed by atoms with E-state index in [-0.39, 0.29) is 11.2 Å². The summed E-state index contributed by atoms with van der Waals surface area (Å²) >= 11 is 1.38. The zero-order valence-corrected chi connectivity index (χ0v) is 12.3. The minimum Gasteiger partial charge on any atom is -0.465 e. The highest BCUT2D eigenvalue weighted by molar-refractivity contribution is 8.00. The van der Waals surface area contributed by atoms with Gasteiger partial charge in [-0.2, -0.15) is 0 Å². The van der Waals surface area contributed by atoms with Crippen LogP contribution in [0.4, 0.5) is 0 Å². The van der Waals surface area contributed by atoms with E-state index in [0.29, 0.717) is 38.7 Å². The van der Waals surface area contributed by atoms with Gasteiger partial charge in [0.05, 0.1) is 25.1 Å². The van der Waals surface area contributed by atoms with Crippen LogP contribution in [-0.4, -0.2) is 66.7 Å². The molecular formula is C12H22N2O4S. The Labute approximate surface area is 118 Å². The number of carbonyl (C=O) groups is 2. The van der Waals surface area contributed by atoms with E-state index in [1.54, 1.807) is 11.8 Å². The topological polar surface area (TPSA) is 81.9 Å². The molecule has 0 bridgehead atoms. The second kappa shape index (κ2) is 8.39. The first-order valence-electron chi connectivity index (χ1n) is 6.46. The van der Waals surface area contributed by atoms with Gasteiger partial charge in [0.2, 0.25) is 5.91 Å². The first-order chi connectivity index (χ1) is 9.06. The number of nitrogens with two attached hydrogens (primary N) is 1. The van der Waals surface area contributed by atoms with E-state index in [4.69, 9.17) is 15.2 Å². The summed E-state index contributed by atoms with van der Waals surface area (Å²) in [5.74, 6) is 0.0428. The number of amides is 1. The Balaban J connectivity index is 2.31. The Kier molecular flexibility index (Phi) is 7.19. The summed E-state index contributed by atoms with van der Waals surface area (Å²) in [7, 11) is 0. The smallest absolute Gasteiger partial charge is 0.323 e. The first-order valence-corrected chi connectivity index (χ1v) is 7.51. The Morgan fingerprint density at radius 2 is 2.05 bits per heavy atom. The number of carbonyl (C=O) groups excluding carboxylic acids is 2. The molecule has 19 heavy (non-hydrogen) atoms. The quantitative estimate of drug-likeness (QED) is 0.686. The highest BCUT2D eigenvalue weighted by Gasteiger charge is 2.24. The summed E-state index contributed by atoms with van der Waals surface area (Å²) in [5, 5.41) is -0.210. The average Bonchev–Trinajstić information content (AvgIpc) is 2.44. The van der Waals surface area contributed by atoms with Crippen LogP contribution >= 0.6 is 11.8 Å². The molecular weight excluding hydrogens is 268 g/mol. The third kappa shape index (κ3) is 5.38. The highest BCUT2D eigenvalue weighted by Crippen LogP contribution is 2.15. The van der Waals surface area contributed by atoms with E-state index in [0.717, 1.165) is 0 Å². The molecule has 1 fully saturated rings. The van der Waals surface area contributed by atoms with E-state index < -0.39 is 12.0 Å². The van der Waals surface area contributed by atoms with Gasteiger partial charge in [0.15, 0.2) is 0 Å². The van der Waals surface area contributed by atoms with Crippen molar-refractivity contribution in [3.63, 3.8) is 0 Å². The number of esters is 1. The molecule has 0 saturated carbocycles. The molecule has 7 heteroatoms. The van der Waals surface area contributed by atoms with Gasteiger partial charge in [-0.3, -0.25) is 9.59 Å². The van der Waals surface area contributed by atoms with Crippen molar-refractivity contribution in [1.82, 2.24) is 4.90 Å². The number of hydrogen-bond acceptors (Lipinski definition) is 6.